The average Bonchev–Trinajstić information content (AvgIpc) is 2.49. The summed E-state index contributed by atoms with van der Waals surface area (Å²) < 4.78 is 5.12. The van der Waals surface area contributed by atoms with E-state index in [1.165, 1.54) is 6.20 Å². The molecule has 0 aromatic carbocycles. The molecule has 0 spiro atoms. The van der Waals surface area contributed by atoms with Gasteiger partial charge in [-0.25, -0.2) is 4.79 Å². The maximum atomic E-state index is 10.2. The van der Waals surface area contributed by atoms with E-state index in [-0.39, 0.29) is 0 Å². The van der Waals surface area contributed by atoms with E-state index in [4.69, 9.17) is 9.52 Å². The molecule has 1 N–H and O–H groups in total. The molecule has 76 valence electrons. The highest BCUT2D eigenvalue weighted by molar-refractivity contribution is 5.79. The second-order valence-electron chi connectivity index (χ2n) is 3.07. The lowest BCUT2D eigenvalue weighted by Gasteiger charge is -2.12. The SMILES string of the molecule is Cc1occc1CN(C)C=CC(=O)O. The average molecular weight is 195 g/mol. The van der Waals surface area contributed by atoms with Gasteiger partial charge in [-0.05, 0) is 13.0 Å². The number of furan rings is 1. The number of nitrogens with zero attached hydrogens (tertiary/aromatic N) is 1. The zero-order chi connectivity index (χ0) is 10.6. The molecule has 4 nitrogen and oxygen atoms in total. The molecular formula is C10H13NO3. The molecule has 0 radical (unpaired) electrons. The van der Waals surface area contributed by atoms with Crippen LogP contribution in [0.25, 0.3) is 0 Å². The Morgan fingerprint density at radius 2 is 2.43 bits per heavy atom. The van der Waals surface area contributed by atoms with Gasteiger partial charge in [0, 0.05) is 31.4 Å². The van der Waals surface area contributed by atoms with Crippen molar-refractivity contribution in [1.29, 1.82) is 0 Å². The Kier molecular flexibility index (Phi) is 3.34. The van der Waals surface area contributed by atoms with Crippen molar-refractivity contribution in [2.45, 2.75) is 13.5 Å². The standard InChI is InChI=1S/C10H13NO3/c1-8-9(4-6-14-8)7-11(2)5-3-10(12)13/h3-6H,7H2,1-2H3,(H,12,13). The maximum Gasteiger partial charge on any atom is 0.329 e. The molecule has 0 fully saturated rings. The molecule has 0 atom stereocenters. The number of carbonyl (C=O) groups is 1. The number of hydrogen-bond donors (Lipinski definition) is 1. The minimum Gasteiger partial charge on any atom is -0.478 e. The van der Waals surface area contributed by atoms with Crippen LogP contribution in [0.1, 0.15) is 11.3 Å². The van der Waals surface area contributed by atoms with Gasteiger partial charge >= 0.3 is 5.97 Å². The van der Waals surface area contributed by atoms with E-state index in [2.05, 4.69) is 0 Å². The molecule has 1 rings (SSSR count). The van der Waals surface area contributed by atoms with Crippen LogP contribution in [0, 0.1) is 6.92 Å². The third kappa shape index (κ3) is 2.97. The smallest absolute Gasteiger partial charge is 0.329 e. The highest BCUT2D eigenvalue weighted by Gasteiger charge is 2.02. The lowest BCUT2D eigenvalue weighted by Crippen LogP contribution is -2.10. The fraction of sp³-hybridized carbons (Fsp3) is 0.300. The van der Waals surface area contributed by atoms with Crippen LogP contribution in [-0.2, 0) is 11.3 Å². The molecule has 0 saturated heterocycles. The van der Waals surface area contributed by atoms with Gasteiger partial charge in [0.15, 0.2) is 0 Å². The Labute approximate surface area is 82.4 Å². The normalized spacial score (nSPS) is 10.7. The molecule has 0 unspecified atom stereocenters. The van der Waals surface area contributed by atoms with Gasteiger partial charge in [-0.3, -0.25) is 0 Å². The lowest BCUT2D eigenvalue weighted by atomic mass is 10.2. The van der Waals surface area contributed by atoms with Crippen molar-refractivity contribution in [3.8, 4) is 0 Å². The number of aryl methyl sites for hydroxylation is 1. The van der Waals surface area contributed by atoms with Gasteiger partial charge in [0.2, 0.25) is 0 Å². The zero-order valence-electron chi connectivity index (χ0n) is 8.23. The summed E-state index contributed by atoms with van der Waals surface area (Å²) in [6, 6.07) is 1.88. The molecule has 1 heterocycles. The van der Waals surface area contributed by atoms with E-state index in [1.54, 1.807) is 11.2 Å². The minimum absolute atomic E-state index is 0.645. The second kappa shape index (κ2) is 4.50. The van der Waals surface area contributed by atoms with Gasteiger partial charge in [0.05, 0.1) is 6.26 Å². The lowest BCUT2D eigenvalue weighted by molar-refractivity contribution is -0.131. The first kappa shape index (κ1) is 10.4. The van der Waals surface area contributed by atoms with E-state index in [0.717, 1.165) is 17.4 Å². The Morgan fingerprint density at radius 3 is 2.93 bits per heavy atom. The van der Waals surface area contributed by atoms with E-state index in [9.17, 15) is 4.79 Å². The van der Waals surface area contributed by atoms with Crippen LogP contribution in [0.5, 0.6) is 0 Å². The van der Waals surface area contributed by atoms with E-state index >= 15 is 0 Å². The molecule has 0 bridgehead atoms. The third-order valence-corrected chi connectivity index (χ3v) is 1.86. The second-order valence-corrected chi connectivity index (χ2v) is 3.07. The van der Waals surface area contributed by atoms with Crippen LogP contribution in [-0.4, -0.2) is 23.0 Å². The molecule has 0 amide bonds. The first-order valence-corrected chi connectivity index (χ1v) is 4.24. The van der Waals surface area contributed by atoms with Crippen LogP contribution >= 0.6 is 0 Å². The van der Waals surface area contributed by atoms with Gasteiger partial charge in [0.25, 0.3) is 0 Å². The number of carboxylic acid groups (broad SMARTS) is 1. The summed E-state index contributed by atoms with van der Waals surface area (Å²) in [5.41, 5.74) is 1.06. The van der Waals surface area contributed by atoms with Gasteiger partial charge < -0.3 is 14.4 Å². The van der Waals surface area contributed by atoms with Crippen molar-refractivity contribution in [3.63, 3.8) is 0 Å². The van der Waals surface area contributed by atoms with Crippen molar-refractivity contribution in [2.24, 2.45) is 0 Å². The number of rotatable bonds is 4. The van der Waals surface area contributed by atoms with Gasteiger partial charge in [-0.2, -0.15) is 0 Å². The first-order chi connectivity index (χ1) is 6.59. The molecule has 0 aliphatic carbocycles. The van der Waals surface area contributed by atoms with Gasteiger partial charge in [-0.1, -0.05) is 0 Å². The Hall–Kier alpha value is -1.71. The summed E-state index contributed by atoms with van der Waals surface area (Å²) in [5.74, 6) is -0.0821. The molecule has 1 aromatic rings. The van der Waals surface area contributed by atoms with Gasteiger partial charge in [0.1, 0.15) is 5.76 Å². The maximum absolute atomic E-state index is 10.2. The van der Waals surface area contributed by atoms with E-state index in [0.29, 0.717) is 6.54 Å². The summed E-state index contributed by atoms with van der Waals surface area (Å²) in [5, 5.41) is 8.41. The van der Waals surface area contributed by atoms with Crippen LogP contribution in [0.4, 0.5) is 0 Å². The van der Waals surface area contributed by atoms with Crippen molar-refractivity contribution >= 4 is 5.97 Å². The molecule has 0 aliphatic heterocycles. The Bertz CT molecular complexity index is 341. The molecule has 0 aliphatic rings. The highest BCUT2D eigenvalue weighted by atomic mass is 16.4. The molecule has 0 saturated carbocycles. The summed E-state index contributed by atoms with van der Waals surface area (Å²) in [4.78, 5) is 12.0. The Balaban J connectivity index is 2.53. The molecule has 1 aromatic heterocycles. The molecule has 4 heteroatoms. The predicted molar refractivity (Wildman–Crippen MR) is 51.7 cm³/mol. The van der Waals surface area contributed by atoms with Crippen LogP contribution in [0.15, 0.2) is 29.0 Å². The van der Waals surface area contributed by atoms with Crippen molar-refractivity contribution in [1.82, 2.24) is 4.90 Å². The number of hydrogen-bond acceptors (Lipinski definition) is 3. The van der Waals surface area contributed by atoms with Crippen LogP contribution in [0.2, 0.25) is 0 Å². The highest BCUT2D eigenvalue weighted by Crippen LogP contribution is 2.10. The monoisotopic (exact) mass is 195 g/mol. The number of aliphatic carboxylic acids is 1. The molecule has 14 heavy (non-hydrogen) atoms. The molecular weight excluding hydrogens is 182 g/mol. The summed E-state index contributed by atoms with van der Waals surface area (Å²) >= 11 is 0. The first-order valence-electron chi connectivity index (χ1n) is 4.24. The van der Waals surface area contributed by atoms with Crippen LogP contribution < -0.4 is 0 Å². The summed E-state index contributed by atoms with van der Waals surface area (Å²) in [6.07, 6.45) is 4.25. The van der Waals surface area contributed by atoms with Crippen molar-refractivity contribution in [3.05, 3.63) is 35.9 Å². The van der Waals surface area contributed by atoms with Crippen molar-refractivity contribution in [2.75, 3.05) is 7.05 Å². The summed E-state index contributed by atoms with van der Waals surface area (Å²) in [6.45, 7) is 2.52. The minimum atomic E-state index is -0.944. The van der Waals surface area contributed by atoms with E-state index in [1.807, 2.05) is 20.0 Å². The summed E-state index contributed by atoms with van der Waals surface area (Å²) in [7, 11) is 1.81. The van der Waals surface area contributed by atoms with Crippen molar-refractivity contribution < 1.29 is 14.3 Å². The van der Waals surface area contributed by atoms with Crippen LogP contribution in [0.3, 0.4) is 0 Å². The largest absolute Gasteiger partial charge is 0.478 e. The fourth-order valence-electron chi connectivity index (χ4n) is 1.09. The quantitative estimate of drug-likeness (QED) is 0.742. The zero-order valence-corrected chi connectivity index (χ0v) is 8.23. The number of carboxylic acids is 1. The van der Waals surface area contributed by atoms with E-state index < -0.39 is 5.97 Å². The van der Waals surface area contributed by atoms with Gasteiger partial charge in [-0.15, -0.1) is 0 Å². The predicted octanol–water partition coefficient (Wildman–Crippen LogP) is 1.62. The topological polar surface area (TPSA) is 53.7 Å². The third-order valence-electron chi connectivity index (χ3n) is 1.86. The fourth-order valence-corrected chi connectivity index (χ4v) is 1.09. The Morgan fingerprint density at radius 1 is 1.71 bits per heavy atom.